The third kappa shape index (κ3) is 4.88. The molecule has 8 aromatic carbocycles. The van der Waals surface area contributed by atoms with E-state index >= 15 is 0 Å². The smallest absolute Gasteiger partial charge is 0.333 e. The highest BCUT2D eigenvalue weighted by Gasteiger charge is 2.51. The van der Waals surface area contributed by atoms with Crippen molar-refractivity contribution in [2.75, 3.05) is 4.81 Å². The first-order valence-corrected chi connectivity index (χ1v) is 25.8. The van der Waals surface area contributed by atoms with Gasteiger partial charge in [0, 0.05) is 61.1 Å². The predicted octanol–water partition coefficient (Wildman–Crippen LogP) is 16.2. The normalized spacial score (nSPS) is 17.9. The lowest BCUT2D eigenvalue weighted by Gasteiger charge is -2.43. The molecule has 4 heterocycles. The first-order chi connectivity index (χ1) is 33.4. The van der Waals surface area contributed by atoms with E-state index in [1.165, 1.54) is 134 Å². The Balaban J connectivity index is 1.20. The number of hydrogen-bond acceptors (Lipinski definition) is 2. The number of anilines is 2. The van der Waals surface area contributed by atoms with Crippen molar-refractivity contribution in [2.45, 2.75) is 116 Å². The molecule has 4 heteroatoms. The average Bonchev–Trinajstić information content (AvgIpc) is 4.01. The van der Waals surface area contributed by atoms with Crippen LogP contribution >= 0.6 is 0 Å². The third-order valence-electron chi connectivity index (χ3n) is 18.5. The van der Waals surface area contributed by atoms with Crippen molar-refractivity contribution in [3.05, 3.63) is 172 Å². The lowest BCUT2D eigenvalue weighted by atomic mass is 9.43. The number of para-hydroxylation sites is 1. The summed E-state index contributed by atoms with van der Waals surface area (Å²) >= 11 is 0. The molecule has 5 aliphatic rings. The molecule has 10 aromatic rings. The molecule has 15 rings (SSSR count). The quantitative estimate of drug-likeness (QED) is 0.153. The molecule has 3 aliphatic carbocycles. The van der Waals surface area contributed by atoms with Gasteiger partial charge in [0.15, 0.2) is 0 Å². The van der Waals surface area contributed by atoms with Gasteiger partial charge < -0.3 is 13.8 Å². The Labute approximate surface area is 412 Å². The molecule has 2 aliphatic heterocycles. The van der Waals surface area contributed by atoms with E-state index in [0.717, 1.165) is 23.0 Å². The minimum absolute atomic E-state index is 0.0164. The highest BCUT2D eigenvalue weighted by molar-refractivity contribution is 6.94. The molecule has 0 saturated heterocycles. The fourth-order valence-corrected chi connectivity index (χ4v) is 14.7. The zero-order valence-electron chi connectivity index (χ0n) is 42.5. The van der Waals surface area contributed by atoms with Crippen LogP contribution in [0.3, 0.4) is 0 Å². The molecular weight excluding hydrogens is 848 g/mol. The van der Waals surface area contributed by atoms with Crippen molar-refractivity contribution in [3.8, 4) is 39.1 Å². The van der Waals surface area contributed by atoms with Gasteiger partial charge in [-0.3, -0.25) is 0 Å². The van der Waals surface area contributed by atoms with Crippen LogP contribution in [-0.2, 0) is 27.1 Å². The van der Waals surface area contributed by atoms with Crippen molar-refractivity contribution in [1.82, 2.24) is 4.57 Å². The minimum Gasteiger partial charge on any atom is -0.456 e. The average molecular weight is 907 g/mol. The Hall–Kier alpha value is -6.78. The van der Waals surface area contributed by atoms with Crippen LogP contribution in [0.1, 0.15) is 128 Å². The second-order valence-electron chi connectivity index (χ2n) is 25.1. The zero-order chi connectivity index (χ0) is 47.9. The molecule has 0 spiro atoms. The van der Waals surface area contributed by atoms with Gasteiger partial charge in [-0.2, -0.15) is 0 Å². The SMILES string of the molecule is CC(C)(C)c1ccc(N2B3c4cc5c(cc4-n4c6cc7c(cc6c6c8c(c(c3c64)-c3cc4c(cc32)-c2ccccc2C4(C)C)-c2ccccc2C8(C)C)C(C)(C)CCC7(C)C)oc2ccccc25)cc1. The Morgan fingerprint density at radius 3 is 1.90 bits per heavy atom. The van der Waals surface area contributed by atoms with Gasteiger partial charge in [-0.05, 0) is 149 Å². The second-order valence-corrected chi connectivity index (χ2v) is 25.1. The lowest BCUT2D eigenvalue weighted by Crippen LogP contribution is -2.60. The molecule has 70 heavy (non-hydrogen) atoms. The summed E-state index contributed by atoms with van der Waals surface area (Å²) in [4.78, 5) is 2.75. The van der Waals surface area contributed by atoms with Gasteiger partial charge in [0.2, 0.25) is 0 Å². The van der Waals surface area contributed by atoms with Crippen LogP contribution in [0.15, 0.2) is 138 Å². The van der Waals surface area contributed by atoms with Gasteiger partial charge in [-0.25, -0.2) is 0 Å². The van der Waals surface area contributed by atoms with Gasteiger partial charge in [-0.1, -0.05) is 161 Å². The standard InChI is InChI=1S/C66H59BN2O/c1-62(2,3)36-24-26-37(27-25-36)69-52-33-41-38-18-12-15-21-45(38)65(8,9)47(41)30-44(52)57-56-40-20-13-16-22-46(40)66(10,11)59(56)58-43-31-48-49(64(6,7)29-28-63(48,4)5)34-51(43)68-53-35-55-42(39-19-14-17-23-54(39)70-55)32-50(53)67(69)60(57)61(58)68/h12-27,30-35H,28-29H2,1-11H3. The van der Waals surface area contributed by atoms with Crippen molar-refractivity contribution in [1.29, 1.82) is 0 Å². The predicted molar refractivity (Wildman–Crippen MR) is 296 cm³/mol. The molecule has 2 aromatic heterocycles. The van der Waals surface area contributed by atoms with Crippen LogP contribution in [-0.4, -0.2) is 11.4 Å². The maximum atomic E-state index is 6.89. The minimum atomic E-state index is -0.268. The van der Waals surface area contributed by atoms with Gasteiger partial charge in [0.05, 0.1) is 11.0 Å². The Kier molecular flexibility index (Phi) is 7.48. The third-order valence-corrected chi connectivity index (χ3v) is 18.5. The number of rotatable bonds is 1. The monoisotopic (exact) mass is 906 g/mol. The molecule has 0 amide bonds. The Bertz CT molecular complexity index is 4050. The van der Waals surface area contributed by atoms with Crippen molar-refractivity contribution >= 4 is 72.9 Å². The van der Waals surface area contributed by atoms with Crippen LogP contribution in [0.5, 0.6) is 0 Å². The number of benzene rings is 8. The van der Waals surface area contributed by atoms with Crippen LogP contribution in [0.25, 0.3) is 82.8 Å². The lowest BCUT2D eigenvalue weighted by molar-refractivity contribution is 0.332. The topological polar surface area (TPSA) is 21.3 Å². The molecule has 3 nitrogen and oxygen atoms in total. The fourth-order valence-electron chi connectivity index (χ4n) is 14.7. The number of aromatic nitrogens is 1. The second kappa shape index (κ2) is 12.8. The van der Waals surface area contributed by atoms with E-state index in [0.29, 0.717) is 0 Å². The molecular formula is C66H59BN2O. The molecule has 342 valence electrons. The highest BCUT2D eigenvalue weighted by atomic mass is 16.3. The number of nitrogens with zero attached hydrogens (tertiary/aromatic N) is 2. The maximum absolute atomic E-state index is 6.89. The largest absolute Gasteiger partial charge is 0.456 e. The summed E-state index contributed by atoms with van der Waals surface area (Å²) in [6.45, 7) is 26.6. The first kappa shape index (κ1) is 41.0. The summed E-state index contributed by atoms with van der Waals surface area (Å²) in [7, 11) is 0. The van der Waals surface area contributed by atoms with Gasteiger partial charge in [0.25, 0.3) is 0 Å². The number of furan rings is 1. The van der Waals surface area contributed by atoms with E-state index in [-0.39, 0.29) is 33.9 Å². The van der Waals surface area contributed by atoms with Crippen molar-refractivity contribution in [2.24, 2.45) is 0 Å². The molecule has 0 bridgehead atoms. The van der Waals surface area contributed by atoms with Gasteiger partial charge in [-0.15, -0.1) is 0 Å². The summed E-state index contributed by atoms with van der Waals surface area (Å²) in [5.41, 5.74) is 28.8. The van der Waals surface area contributed by atoms with Crippen LogP contribution in [0.2, 0.25) is 0 Å². The van der Waals surface area contributed by atoms with E-state index < -0.39 is 0 Å². The van der Waals surface area contributed by atoms with Gasteiger partial charge >= 0.3 is 6.85 Å². The summed E-state index contributed by atoms with van der Waals surface area (Å²) in [5, 5.41) is 5.10. The van der Waals surface area contributed by atoms with Crippen LogP contribution < -0.4 is 15.7 Å². The van der Waals surface area contributed by atoms with Crippen LogP contribution in [0, 0.1) is 0 Å². The molecule has 0 fully saturated rings. The summed E-state index contributed by atoms with van der Waals surface area (Å²) in [6, 6.07) is 52.2. The molecule has 0 saturated carbocycles. The van der Waals surface area contributed by atoms with Crippen LogP contribution in [0.4, 0.5) is 11.4 Å². The highest BCUT2D eigenvalue weighted by Crippen LogP contribution is 2.62. The Morgan fingerprint density at radius 2 is 1.17 bits per heavy atom. The van der Waals surface area contributed by atoms with E-state index in [2.05, 4.69) is 219 Å². The van der Waals surface area contributed by atoms with Crippen molar-refractivity contribution in [3.63, 3.8) is 0 Å². The van der Waals surface area contributed by atoms with E-state index in [1.54, 1.807) is 0 Å². The zero-order valence-corrected chi connectivity index (χ0v) is 42.5. The maximum Gasteiger partial charge on any atom is 0.333 e. The van der Waals surface area contributed by atoms with E-state index in [4.69, 9.17) is 4.42 Å². The number of hydrogen-bond donors (Lipinski definition) is 0. The van der Waals surface area contributed by atoms with E-state index in [1.807, 2.05) is 0 Å². The summed E-state index contributed by atoms with van der Waals surface area (Å²) in [6.07, 6.45) is 2.33. The van der Waals surface area contributed by atoms with Gasteiger partial charge in [0.1, 0.15) is 11.2 Å². The molecule has 0 atom stereocenters. The van der Waals surface area contributed by atoms with Crippen molar-refractivity contribution < 1.29 is 4.42 Å². The number of fused-ring (bicyclic) bond motifs is 20. The molecule has 0 radical (unpaired) electrons. The first-order valence-electron chi connectivity index (χ1n) is 25.8. The molecule has 0 N–H and O–H groups in total. The van der Waals surface area contributed by atoms with E-state index in [9.17, 15) is 0 Å². The summed E-state index contributed by atoms with van der Waals surface area (Å²) < 4.78 is 9.61. The fraction of sp³-hybridized carbons (Fsp3) is 0.273. The Morgan fingerprint density at radius 1 is 0.514 bits per heavy atom. The molecule has 0 unspecified atom stereocenters. The summed E-state index contributed by atoms with van der Waals surface area (Å²) in [5.74, 6) is 0.